The fourth-order valence-corrected chi connectivity index (χ4v) is 2.72. The van der Waals surface area contributed by atoms with Gasteiger partial charge in [-0.15, -0.1) is 0 Å². The zero-order chi connectivity index (χ0) is 18.7. The van der Waals surface area contributed by atoms with Gasteiger partial charge in [-0.3, -0.25) is 4.98 Å². The van der Waals surface area contributed by atoms with Crippen molar-refractivity contribution in [3.05, 3.63) is 60.3 Å². The Hall–Kier alpha value is -3.08. The highest BCUT2D eigenvalue weighted by atomic mass is 16.5. The molecule has 0 aliphatic rings. The van der Waals surface area contributed by atoms with Gasteiger partial charge in [-0.25, -0.2) is 4.79 Å². The van der Waals surface area contributed by atoms with Crippen LogP contribution >= 0.6 is 0 Å². The third-order valence-electron chi connectivity index (χ3n) is 4.17. The molecule has 2 amide bonds. The van der Waals surface area contributed by atoms with Crippen LogP contribution in [0.3, 0.4) is 0 Å². The Kier molecular flexibility index (Phi) is 4.80. The summed E-state index contributed by atoms with van der Waals surface area (Å²) in [4.78, 5) is 16.8. The van der Waals surface area contributed by atoms with Crippen LogP contribution in [-0.4, -0.2) is 18.1 Å². The highest BCUT2D eigenvalue weighted by molar-refractivity contribution is 6.05. The number of methoxy groups -OCH3 is 1. The second-order valence-corrected chi connectivity index (χ2v) is 7.16. The molecule has 5 nitrogen and oxygen atoms in total. The van der Waals surface area contributed by atoms with Gasteiger partial charge >= 0.3 is 6.03 Å². The molecule has 3 rings (SSSR count). The lowest BCUT2D eigenvalue weighted by Crippen LogP contribution is -2.20. The van der Waals surface area contributed by atoms with Crippen LogP contribution in [0, 0.1) is 0 Å². The molecule has 0 atom stereocenters. The van der Waals surface area contributed by atoms with Gasteiger partial charge in [0.15, 0.2) is 0 Å². The molecule has 2 aromatic carbocycles. The Labute approximate surface area is 153 Å². The highest BCUT2D eigenvalue weighted by Gasteiger charge is 2.14. The van der Waals surface area contributed by atoms with E-state index >= 15 is 0 Å². The van der Waals surface area contributed by atoms with Gasteiger partial charge in [-0.05, 0) is 35.2 Å². The predicted molar refractivity (Wildman–Crippen MR) is 106 cm³/mol. The van der Waals surface area contributed by atoms with Crippen LogP contribution < -0.4 is 15.4 Å². The quantitative estimate of drug-likeness (QED) is 0.684. The third kappa shape index (κ3) is 3.94. The van der Waals surface area contributed by atoms with E-state index in [0.29, 0.717) is 17.0 Å². The van der Waals surface area contributed by atoms with Gasteiger partial charge in [0.25, 0.3) is 0 Å². The van der Waals surface area contributed by atoms with Crippen molar-refractivity contribution in [1.82, 2.24) is 4.98 Å². The van der Waals surface area contributed by atoms with Crippen LogP contribution in [-0.2, 0) is 5.41 Å². The molecule has 0 saturated heterocycles. The topological polar surface area (TPSA) is 63.2 Å². The number of hydrogen-bond donors (Lipinski definition) is 2. The number of fused-ring (bicyclic) bond motifs is 1. The molecule has 26 heavy (non-hydrogen) atoms. The molecular formula is C21H23N3O2. The second-order valence-electron chi connectivity index (χ2n) is 7.16. The minimum Gasteiger partial charge on any atom is -0.497 e. The summed E-state index contributed by atoms with van der Waals surface area (Å²) in [6, 6.07) is 15.0. The summed E-state index contributed by atoms with van der Waals surface area (Å²) in [7, 11) is 1.60. The Balaban J connectivity index is 1.79. The summed E-state index contributed by atoms with van der Waals surface area (Å²) >= 11 is 0. The van der Waals surface area contributed by atoms with Crippen molar-refractivity contribution in [3.63, 3.8) is 0 Å². The van der Waals surface area contributed by atoms with Crippen molar-refractivity contribution in [3.8, 4) is 5.75 Å². The number of rotatable bonds is 3. The first-order valence-electron chi connectivity index (χ1n) is 8.48. The Bertz CT molecular complexity index is 928. The molecule has 0 fully saturated rings. The first kappa shape index (κ1) is 17.7. The number of aromatic nitrogens is 1. The lowest BCUT2D eigenvalue weighted by molar-refractivity contribution is 0.262. The van der Waals surface area contributed by atoms with E-state index in [0.717, 1.165) is 11.1 Å². The third-order valence-corrected chi connectivity index (χ3v) is 4.17. The number of urea groups is 1. The molecule has 2 N–H and O–H groups in total. The van der Waals surface area contributed by atoms with E-state index in [-0.39, 0.29) is 11.4 Å². The smallest absolute Gasteiger partial charge is 0.323 e. The normalized spacial score (nSPS) is 11.2. The van der Waals surface area contributed by atoms with Crippen LogP contribution in [0.5, 0.6) is 5.75 Å². The van der Waals surface area contributed by atoms with Crippen molar-refractivity contribution >= 4 is 28.3 Å². The number of carbonyl (C=O) groups is 1. The van der Waals surface area contributed by atoms with Gasteiger partial charge in [0.05, 0.1) is 18.3 Å². The minimum absolute atomic E-state index is 0.0754. The molecule has 5 heteroatoms. The van der Waals surface area contributed by atoms with Gasteiger partial charge in [0, 0.05) is 23.3 Å². The number of nitrogens with one attached hydrogen (secondary N) is 2. The molecule has 0 aliphatic heterocycles. The van der Waals surface area contributed by atoms with E-state index < -0.39 is 0 Å². The van der Waals surface area contributed by atoms with Crippen LogP contribution in [0.1, 0.15) is 26.3 Å². The number of nitrogens with zero attached hydrogens (tertiary/aromatic N) is 1. The predicted octanol–water partition coefficient (Wildman–Crippen LogP) is 5.18. The van der Waals surface area contributed by atoms with Gasteiger partial charge in [0.2, 0.25) is 0 Å². The van der Waals surface area contributed by atoms with Gasteiger partial charge in [-0.1, -0.05) is 39.0 Å². The first-order chi connectivity index (χ1) is 12.4. The lowest BCUT2D eigenvalue weighted by atomic mass is 9.87. The van der Waals surface area contributed by atoms with Crippen molar-refractivity contribution < 1.29 is 9.53 Å². The Morgan fingerprint density at radius 2 is 1.77 bits per heavy atom. The van der Waals surface area contributed by atoms with Crippen molar-refractivity contribution in [2.24, 2.45) is 0 Å². The minimum atomic E-state index is -0.325. The number of pyridine rings is 1. The van der Waals surface area contributed by atoms with E-state index in [1.165, 1.54) is 5.56 Å². The van der Waals surface area contributed by atoms with Crippen LogP contribution in [0.25, 0.3) is 10.9 Å². The van der Waals surface area contributed by atoms with Crippen LogP contribution in [0.2, 0.25) is 0 Å². The molecule has 0 bridgehead atoms. The molecule has 0 unspecified atom stereocenters. The van der Waals surface area contributed by atoms with Gasteiger partial charge in [-0.2, -0.15) is 0 Å². The highest BCUT2D eigenvalue weighted by Crippen LogP contribution is 2.28. The average Bonchev–Trinajstić information content (AvgIpc) is 2.61. The molecule has 1 heterocycles. The number of hydrogen-bond acceptors (Lipinski definition) is 3. The van der Waals surface area contributed by atoms with E-state index in [4.69, 9.17) is 4.74 Å². The number of anilines is 2. The number of ether oxygens (including phenoxy) is 1. The van der Waals surface area contributed by atoms with Gasteiger partial charge in [0.1, 0.15) is 5.75 Å². The van der Waals surface area contributed by atoms with E-state index in [1.807, 2.05) is 42.5 Å². The molecule has 3 aromatic rings. The van der Waals surface area contributed by atoms with Crippen LogP contribution in [0.4, 0.5) is 16.2 Å². The van der Waals surface area contributed by atoms with Gasteiger partial charge < -0.3 is 15.4 Å². The van der Waals surface area contributed by atoms with Crippen molar-refractivity contribution in [1.29, 1.82) is 0 Å². The molecule has 0 radical (unpaired) electrons. The monoisotopic (exact) mass is 349 g/mol. The second kappa shape index (κ2) is 7.04. The Morgan fingerprint density at radius 3 is 2.42 bits per heavy atom. The summed E-state index contributed by atoms with van der Waals surface area (Å²) < 4.78 is 5.31. The maximum absolute atomic E-state index is 12.4. The lowest BCUT2D eigenvalue weighted by Gasteiger charge is -2.19. The van der Waals surface area contributed by atoms with Crippen molar-refractivity contribution in [2.75, 3.05) is 17.7 Å². The maximum Gasteiger partial charge on any atom is 0.323 e. The first-order valence-corrected chi connectivity index (χ1v) is 8.48. The Morgan fingerprint density at radius 1 is 1.04 bits per heavy atom. The summed E-state index contributed by atoms with van der Waals surface area (Å²) in [5.74, 6) is 0.662. The summed E-state index contributed by atoms with van der Waals surface area (Å²) in [5, 5.41) is 6.61. The standard InChI is InChI=1S/C21H23N3O2/c1-21(2,3)15-7-9-16(10-8-15)23-20(25)24-18-13-17(26-4)12-14-6-5-11-22-19(14)18/h5-13H,1-4H3,(H2,23,24,25). The fraction of sp³-hybridized carbons (Fsp3) is 0.238. The van der Waals surface area contributed by atoms with Crippen molar-refractivity contribution in [2.45, 2.75) is 26.2 Å². The molecule has 1 aromatic heterocycles. The van der Waals surface area contributed by atoms with E-state index in [1.54, 1.807) is 19.4 Å². The summed E-state index contributed by atoms with van der Waals surface area (Å²) in [6.45, 7) is 6.47. The molecule has 134 valence electrons. The van der Waals surface area contributed by atoms with E-state index in [9.17, 15) is 4.79 Å². The molecule has 0 saturated carbocycles. The SMILES string of the molecule is COc1cc(NC(=O)Nc2ccc(C(C)(C)C)cc2)c2ncccc2c1. The van der Waals surface area contributed by atoms with E-state index in [2.05, 4.69) is 36.4 Å². The largest absolute Gasteiger partial charge is 0.497 e. The van der Waals surface area contributed by atoms with Crippen LogP contribution in [0.15, 0.2) is 54.7 Å². The number of carbonyl (C=O) groups excluding carboxylic acids is 1. The zero-order valence-corrected chi connectivity index (χ0v) is 15.5. The molecular weight excluding hydrogens is 326 g/mol. The number of benzene rings is 2. The fourth-order valence-electron chi connectivity index (χ4n) is 2.72. The molecule has 0 spiro atoms. The zero-order valence-electron chi connectivity index (χ0n) is 15.5. The summed E-state index contributed by atoms with van der Waals surface area (Å²) in [6.07, 6.45) is 1.70. The average molecular weight is 349 g/mol. The maximum atomic E-state index is 12.4. The number of amides is 2. The molecule has 0 aliphatic carbocycles. The summed E-state index contributed by atoms with van der Waals surface area (Å²) in [5.41, 5.74) is 3.34.